The Morgan fingerprint density at radius 2 is 1.78 bits per heavy atom. The fourth-order valence-electron chi connectivity index (χ4n) is 2.09. The molecule has 0 saturated carbocycles. The van der Waals surface area contributed by atoms with Crippen LogP contribution in [0.4, 0.5) is 4.79 Å². The molecule has 0 atom stereocenters. The molecule has 2 aromatic rings. The zero-order chi connectivity index (χ0) is 19.6. The van der Waals surface area contributed by atoms with Crippen molar-refractivity contribution in [3.63, 3.8) is 0 Å². The van der Waals surface area contributed by atoms with Crippen LogP contribution in [0.15, 0.2) is 59.7 Å². The second-order valence-electron chi connectivity index (χ2n) is 5.61. The molecule has 140 valence electrons. The molecule has 2 amide bonds. The molecule has 0 aliphatic rings. The van der Waals surface area contributed by atoms with Crippen LogP contribution in [0.5, 0.6) is 5.75 Å². The largest absolute Gasteiger partial charge is 0.489 e. The van der Waals surface area contributed by atoms with Crippen LogP contribution in [0.1, 0.15) is 28.4 Å². The fourth-order valence-corrected chi connectivity index (χ4v) is 2.09. The zero-order valence-corrected chi connectivity index (χ0v) is 15.1. The Balaban J connectivity index is 1.89. The van der Waals surface area contributed by atoms with Gasteiger partial charge in [-0.2, -0.15) is 5.10 Å². The molecule has 0 aliphatic heterocycles. The number of amides is 2. The summed E-state index contributed by atoms with van der Waals surface area (Å²) >= 11 is 0. The van der Waals surface area contributed by atoms with Crippen LogP contribution < -0.4 is 15.9 Å². The number of nitrogens with one attached hydrogen (secondary N) is 1. The summed E-state index contributed by atoms with van der Waals surface area (Å²) in [5, 5.41) is 3.79. The highest BCUT2D eigenvalue weighted by molar-refractivity contribution is 5.96. The molecule has 0 unspecified atom stereocenters. The van der Waals surface area contributed by atoms with Gasteiger partial charge in [0.1, 0.15) is 12.4 Å². The van der Waals surface area contributed by atoms with Gasteiger partial charge in [-0.3, -0.25) is 0 Å². The van der Waals surface area contributed by atoms with Gasteiger partial charge in [-0.15, -0.1) is 0 Å². The van der Waals surface area contributed by atoms with E-state index in [1.54, 1.807) is 25.1 Å². The van der Waals surface area contributed by atoms with E-state index < -0.39 is 6.03 Å². The van der Waals surface area contributed by atoms with Gasteiger partial charge in [-0.25, -0.2) is 15.0 Å². The van der Waals surface area contributed by atoms with Gasteiger partial charge < -0.3 is 15.2 Å². The number of esters is 1. The number of carbonyl (C=O) groups is 2. The van der Waals surface area contributed by atoms with Crippen molar-refractivity contribution in [1.82, 2.24) is 5.43 Å². The Labute approximate surface area is 157 Å². The van der Waals surface area contributed by atoms with Crippen LogP contribution >= 0.6 is 0 Å². The van der Waals surface area contributed by atoms with Gasteiger partial charge in [0.15, 0.2) is 0 Å². The van der Waals surface area contributed by atoms with E-state index in [1.165, 1.54) is 7.11 Å². The Kier molecular flexibility index (Phi) is 7.13. The van der Waals surface area contributed by atoms with Crippen LogP contribution in [-0.4, -0.2) is 24.8 Å². The van der Waals surface area contributed by atoms with Crippen molar-refractivity contribution >= 4 is 23.8 Å². The van der Waals surface area contributed by atoms with Crippen LogP contribution in [0, 0.1) is 0 Å². The van der Waals surface area contributed by atoms with E-state index in [1.807, 2.05) is 42.5 Å². The molecule has 7 nitrogen and oxygen atoms in total. The maximum absolute atomic E-state index is 11.4. The first-order valence-electron chi connectivity index (χ1n) is 8.16. The van der Waals surface area contributed by atoms with Gasteiger partial charge in [0.05, 0.1) is 18.4 Å². The molecular weight excluding hydrogens is 346 g/mol. The topological polar surface area (TPSA) is 103 Å². The molecule has 3 N–H and O–H groups in total. The van der Waals surface area contributed by atoms with E-state index in [0.717, 1.165) is 16.9 Å². The summed E-state index contributed by atoms with van der Waals surface area (Å²) in [6.45, 7) is 2.14. The molecule has 0 saturated heterocycles. The Morgan fingerprint density at radius 1 is 1.11 bits per heavy atom. The maximum atomic E-state index is 11.4. The molecule has 0 aliphatic carbocycles. The molecule has 2 aromatic carbocycles. The molecule has 2 rings (SSSR count). The van der Waals surface area contributed by atoms with Crippen molar-refractivity contribution in [3.05, 3.63) is 71.3 Å². The van der Waals surface area contributed by atoms with Gasteiger partial charge in [-0.05, 0) is 48.4 Å². The van der Waals surface area contributed by atoms with Crippen LogP contribution in [-0.2, 0) is 11.3 Å². The lowest BCUT2D eigenvalue weighted by molar-refractivity contribution is 0.0600. The standard InChI is InChI=1S/C20H21N3O4/c1-14(22-23-20(21)25)3-4-15-7-11-18(12-8-15)27-13-16-5-9-17(10-6-16)19(24)26-2/h3-12H,13H2,1-2H3,(H3,21,23,25)/b4-3+,22-14+. The fraction of sp³-hybridized carbons (Fsp3) is 0.150. The number of methoxy groups -OCH3 is 1. The molecule has 0 bridgehead atoms. The Bertz CT molecular complexity index is 841. The average molecular weight is 367 g/mol. The quantitative estimate of drug-likeness (QED) is 0.446. The molecule has 0 heterocycles. The minimum Gasteiger partial charge on any atom is -0.489 e. The number of nitrogens with zero attached hydrogens (tertiary/aromatic N) is 1. The van der Waals surface area contributed by atoms with Crippen LogP contribution in [0.3, 0.4) is 0 Å². The van der Waals surface area contributed by atoms with Gasteiger partial charge in [-0.1, -0.05) is 30.3 Å². The summed E-state index contributed by atoms with van der Waals surface area (Å²) in [6.07, 6.45) is 3.62. The number of allylic oxidation sites excluding steroid dienone is 1. The van der Waals surface area contributed by atoms with E-state index in [4.69, 9.17) is 10.5 Å². The van der Waals surface area contributed by atoms with Crippen LogP contribution in [0.2, 0.25) is 0 Å². The molecule has 0 fully saturated rings. The lowest BCUT2D eigenvalue weighted by Gasteiger charge is -2.07. The SMILES string of the molecule is COC(=O)c1ccc(COc2ccc(/C=C/C(C)=N/NC(N)=O)cc2)cc1. The van der Waals surface area contributed by atoms with Gasteiger partial charge in [0.25, 0.3) is 0 Å². The number of benzene rings is 2. The highest BCUT2D eigenvalue weighted by Crippen LogP contribution is 2.15. The van der Waals surface area contributed by atoms with Crippen molar-refractivity contribution in [1.29, 1.82) is 0 Å². The van der Waals surface area contributed by atoms with E-state index >= 15 is 0 Å². The number of ether oxygens (including phenoxy) is 2. The number of carbonyl (C=O) groups excluding carboxylic acids is 2. The minimum atomic E-state index is -0.704. The summed E-state index contributed by atoms with van der Waals surface area (Å²) in [6, 6.07) is 13.9. The van der Waals surface area contributed by atoms with Crippen molar-refractivity contribution in [2.24, 2.45) is 10.8 Å². The Morgan fingerprint density at radius 3 is 2.37 bits per heavy atom. The summed E-state index contributed by atoms with van der Waals surface area (Å²) in [5.74, 6) is 0.363. The first-order valence-corrected chi connectivity index (χ1v) is 8.16. The zero-order valence-electron chi connectivity index (χ0n) is 15.1. The van der Waals surface area contributed by atoms with Gasteiger partial charge >= 0.3 is 12.0 Å². The number of hydrogen-bond donors (Lipinski definition) is 2. The van der Waals surface area contributed by atoms with E-state index in [-0.39, 0.29) is 5.97 Å². The lowest BCUT2D eigenvalue weighted by atomic mass is 10.1. The third kappa shape index (κ3) is 6.66. The molecule has 0 aromatic heterocycles. The molecule has 0 spiro atoms. The molecule has 0 radical (unpaired) electrons. The molecule has 27 heavy (non-hydrogen) atoms. The second-order valence-corrected chi connectivity index (χ2v) is 5.61. The number of hydrogen-bond acceptors (Lipinski definition) is 5. The summed E-state index contributed by atoms with van der Waals surface area (Å²) < 4.78 is 10.4. The number of primary amides is 1. The molecular formula is C20H21N3O4. The number of urea groups is 1. The monoisotopic (exact) mass is 367 g/mol. The summed E-state index contributed by atoms with van der Waals surface area (Å²) in [7, 11) is 1.35. The predicted molar refractivity (Wildman–Crippen MR) is 103 cm³/mol. The molecule has 7 heteroatoms. The van der Waals surface area contributed by atoms with E-state index in [9.17, 15) is 9.59 Å². The number of nitrogens with two attached hydrogens (primary N) is 1. The van der Waals surface area contributed by atoms with E-state index in [2.05, 4.69) is 15.3 Å². The normalized spacial score (nSPS) is 11.3. The first-order chi connectivity index (χ1) is 13.0. The van der Waals surface area contributed by atoms with Crippen LogP contribution in [0.25, 0.3) is 6.08 Å². The predicted octanol–water partition coefficient (Wildman–Crippen LogP) is 3.11. The first kappa shape index (κ1) is 19.7. The van der Waals surface area contributed by atoms with E-state index in [0.29, 0.717) is 17.9 Å². The third-order valence-electron chi connectivity index (χ3n) is 3.52. The minimum absolute atomic E-state index is 0.364. The van der Waals surface area contributed by atoms with Crippen molar-refractivity contribution in [2.75, 3.05) is 7.11 Å². The summed E-state index contributed by atoms with van der Waals surface area (Å²) in [4.78, 5) is 22.0. The van der Waals surface area contributed by atoms with Gasteiger partial charge in [0, 0.05) is 0 Å². The lowest BCUT2D eigenvalue weighted by Crippen LogP contribution is -2.25. The van der Waals surface area contributed by atoms with Crippen molar-refractivity contribution in [2.45, 2.75) is 13.5 Å². The highest BCUT2D eigenvalue weighted by Gasteiger charge is 2.04. The van der Waals surface area contributed by atoms with Crippen molar-refractivity contribution < 1.29 is 19.1 Å². The highest BCUT2D eigenvalue weighted by atomic mass is 16.5. The maximum Gasteiger partial charge on any atom is 0.337 e. The van der Waals surface area contributed by atoms with Gasteiger partial charge in [0.2, 0.25) is 0 Å². The van der Waals surface area contributed by atoms with Crippen molar-refractivity contribution in [3.8, 4) is 5.75 Å². The summed E-state index contributed by atoms with van der Waals surface area (Å²) in [5.41, 5.74) is 10.1. The average Bonchev–Trinajstić information content (AvgIpc) is 2.69. The smallest absolute Gasteiger partial charge is 0.337 e. The number of rotatable bonds is 7. The Hall–Kier alpha value is -3.61. The number of hydrazone groups is 1. The third-order valence-corrected chi connectivity index (χ3v) is 3.52. The second kappa shape index (κ2) is 9.76.